The first kappa shape index (κ1) is 17.3. The Morgan fingerprint density at radius 3 is 2.13 bits per heavy atom. The van der Waals surface area contributed by atoms with Crippen molar-refractivity contribution in [2.75, 3.05) is 13.1 Å². The first-order valence-electron chi connectivity index (χ1n) is 7.20. The lowest BCUT2D eigenvalue weighted by atomic mass is 10.1. The summed E-state index contributed by atoms with van der Waals surface area (Å²) in [5.74, 6) is -0.816. The Hall–Kier alpha value is -2.05. The maximum Gasteiger partial charge on any atom is 0.243 e. The number of likely N-dealkylation sites (N-methyl/N-ethyl adjacent to an activating group) is 1. The van der Waals surface area contributed by atoms with E-state index in [1.54, 1.807) is 19.1 Å². The van der Waals surface area contributed by atoms with E-state index in [4.69, 9.17) is 0 Å². The van der Waals surface area contributed by atoms with Crippen LogP contribution in [0, 0.1) is 12.7 Å². The van der Waals surface area contributed by atoms with E-state index in [0.717, 1.165) is 9.87 Å². The quantitative estimate of drug-likeness (QED) is 0.763. The summed E-state index contributed by atoms with van der Waals surface area (Å²) < 4.78 is 39.2. The predicted molar refractivity (Wildman–Crippen MR) is 86.3 cm³/mol. The van der Waals surface area contributed by atoms with Crippen molar-refractivity contribution in [1.29, 1.82) is 0 Å². The number of halogens is 1. The normalized spacial score (nSPS) is 11.7. The van der Waals surface area contributed by atoms with Gasteiger partial charge in [0, 0.05) is 12.1 Å². The molecule has 2 aromatic rings. The lowest BCUT2D eigenvalue weighted by molar-refractivity contribution is 0.0967. The Morgan fingerprint density at radius 1 is 1.04 bits per heavy atom. The van der Waals surface area contributed by atoms with E-state index >= 15 is 0 Å². The van der Waals surface area contributed by atoms with Crippen LogP contribution in [0.4, 0.5) is 4.39 Å². The monoisotopic (exact) mass is 335 g/mol. The molecule has 0 saturated carbocycles. The van der Waals surface area contributed by atoms with Gasteiger partial charge in [0.05, 0.1) is 11.4 Å². The standard InChI is InChI=1S/C17H18FNO3S/c1-3-19(12-17(20)14-6-8-15(18)9-7-14)23(21,22)16-10-4-13(2)5-11-16/h4-11H,3,12H2,1-2H3. The van der Waals surface area contributed by atoms with E-state index in [0.29, 0.717) is 0 Å². The smallest absolute Gasteiger partial charge is 0.243 e. The topological polar surface area (TPSA) is 54.5 Å². The lowest BCUT2D eigenvalue weighted by Gasteiger charge is -2.20. The van der Waals surface area contributed by atoms with Gasteiger partial charge < -0.3 is 0 Å². The fraction of sp³-hybridized carbons (Fsp3) is 0.235. The van der Waals surface area contributed by atoms with Gasteiger partial charge in [0.2, 0.25) is 10.0 Å². The number of aryl methyl sites for hydroxylation is 1. The molecule has 0 amide bonds. The molecule has 0 radical (unpaired) electrons. The molecule has 122 valence electrons. The number of hydrogen-bond acceptors (Lipinski definition) is 3. The van der Waals surface area contributed by atoms with Crippen LogP contribution >= 0.6 is 0 Å². The van der Waals surface area contributed by atoms with E-state index < -0.39 is 15.8 Å². The van der Waals surface area contributed by atoms with Crippen molar-refractivity contribution in [1.82, 2.24) is 4.31 Å². The second-order valence-corrected chi connectivity index (χ2v) is 7.11. The molecule has 0 atom stereocenters. The van der Waals surface area contributed by atoms with Gasteiger partial charge in [0.25, 0.3) is 0 Å². The third-order valence-corrected chi connectivity index (χ3v) is 5.43. The lowest BCUT2D eigenvalue weighted by Crippen LogP contribution is -2.35. The van der Waals surface area contributed by atoms with Gasteiger partial charge in [-0.15, -0.1) is 0 Å². The van der Waals surface area contributed by atoms with Crippen molar-refractivity contribution >= 4 is 15.8 Å². The number of Topliss-reactive ketones (excluding diaryl/α,β-unsaturated/α-hetero) is 1. The van der Waals surface area contributed by atoms with Crippen LogP contribution in [0.3, 0.4) is 0 Å². The Morgan fingerprint density at radius 2 is 1.61 bits per heavy atom. The van der Waals surface area contributed by atoms with Gasteiger partial charge in [-0.05, 0) is 43.3 Å². The molecule has 0 aliphatic carbocycles. The summed E-state index contributed by atoms with van der Waals surface area (Å²) >= 11 is 0. The van der Waals surface area contributed by atoms with Crippen molar-refractivity contribution < 1.29 is 17.6 Å². The number of benzene rings is 2. The highest BCUT2D eigenvalue weighted by atomic mass is 32.2. The summed E-state index contributed by atoms with van der Waals surface area (Å²) in [6.45, 7) is 3.43. The van der Waals surface area contributed by atoms with Crippen molar-refractivity contribution in [2.45, 2.75) is 18.7 Å². The SMILES string of the molecule is CCN(CC(=O)c1ccc(F)cc1)S(=O)(=O)c1ccc(C)cc1. The zero-order chi connectivity index (χ0) is 17.0. The largest absolute Gasteiger partial charge is 0.293 e. The van der Waals surface area contributed by atoms with E-state index in [9.17, 15) is 17.6 Å². The Balaban J connectivity index is 2.23. The molecule has 0 aliphatic heterocycles. The summed E-state index contributed by atoms with van der Waals surface area (Å²) in [5.41, 5.74) is 1.23. The van der Waals surface area contributed by atoms with Crippen LogP contribution in [0.25, 0.3) is 0 Å². The van der Waals surface area contributed by atoms with Crippen molar-refractivity contribution in [2.24, 2.45) is 0 Å². The molecular formula is C17H18FNO3S. The summed E-state index contributed by atoms with van der Waals surface area (Å²) in [6, 6.07) is 11.5. The van der Waals surface area contributed by atoms with Gasteiger partial charge in [-0.1, -0.05) is 24.6 Å². The molecule has 2 rings (SSSR count). The fourth-order valence-electron chi connectivity index (χ4n) is 2.11. The fourth-order valence-corrected chi connectivity index (χ4v) is 3.52. The van der Waals surface area contributed by atoms with Crippen LogP contribution in [-0.4, -0.2) is 31.6 Å². The number of nitrogens with zero attached hydrogens (tertiary/aromatic N) is 1. The number of ketones is 1. The molecule has 2 aromatic carbocycles. The third-order valence-electron chi connectivity index (χ3n) is 3.50. The second kappa shape index (κ2) is 7.02. The maximum atomic E-state index is 12.9. The maximum absolute atomic E-state index is 12.9. The molecule has 0 saturated heterocycles. The van der Waals surface area contributed by atoms with E-state index in [2.05, 4.69) is 0 Å². The van der Waals surface area contributed by atoms with Crippen molar-refractivity contribution in [3.8, 4) is 0 Å². The Kier molecular flexibility index (Phi) is 5.28. The predicted octanol–water partition coefficient (Wildman–Crippen LogP) is 3.03. The average molecular weight is 335 g/mol. The molecule has 0 fully saturated rings. The molecule has 0 unspecified atom stereocenters. The molecule has 0 heterocycles. The third kappa shape index (κ3) is 4.03. The molecule has 6 heteroatoms. The number of carbonyl (C=O) groups is 1. The van der Waals surface area contributed by atoms with Gasteiger partial charge >= 0.3 is 0 Å². The van der Waals surface area contributed by atoms with E-state index in [-0.39, 0.29) is 29.3 Å². The number of rotatable bonds is 6. The van der Waals surface area contributed by atoms with Gasteiger partial charge in [-0.25, -0.2) is 12.8 Å². The zero-order valence-electron chi connectivity index (χ0n) is 13.0. The van der Waals surface area contributed by atoms with Crippen LogP contribution in [0.15, 0.2) is 53.4 Å². The molecule has 23 heavy (non-hydrogen) atoms. The minimum absolute atomic E-state index is 0.150. The van der Waals surface area contributed by atoms with Crippen molar-refractivity contribution in [3.05, 3.63) is 65.5 Å². The second-order valence-electron chi connectivity index (χ2n) is 5.17. The highest BCUT2D eigenvalue weighted by molar-refractivity contribution is 7.89. The first-order chi connectivity index (χ1) is 10.8. The van der Waals surface area contributed by atoms with Gasteiger partial charge in [0.15, 0.2) is 5.78 Å². The minimum atomic E-state index is -3.74. The van der Waals surface area contributed by atoms with Crippen LogP contribution in [0.1, 0.15) is 22.8 Å². The van der Waals surface area contributed by atoms with Crippen LogP contribution < -0.4 is 0 Å². The van der Waals surface area contributed by atoms with Crippen LogP contribution in [0.2, 0.25) is 0 Å². The van der Waals surface area contributed by atoms with Crippen LogP contribution in [0.5, 0.6) is 0 Å². The first-order valence-corrected chi connectivity index (χ1v) is 8.64. The Bertz CT molecular complexity index is 784. The number of sulfonamides is 1. The van der Waals surface area contributed by atoms with Crippen LogP contribution in [-0.2, 0) is 10.0 Å². The van der Waals surface area contributed by atoms with E-state index in [1.165, 1.54) is 36.4 Å². The van der Waals surface area contributed by atoms with Gasteiger partial charge in [0.1, 0.15) is 5.82 Å². The molecule has 0 N–H and O–H groups in total. The highest BCUT2D eigenvalue weighted by Gasteiger charge is 2.25. The molecule has 0 aliphatic rings. The van der Waals surface area contributed by atoms with Gasteiger partial charge in [-0.3, -0.25) is 4.79 Å². The van der Waals surface area contributed by atoms with Gasteiger partial charge in [-0.2, -0.15) is 4.31 Å². The minimum Gasteiger partial charge on any atom is -0.293 e. The highest BCUT2D eigenvalue weighted by Crippen LogP contribution is 2.17. The molecule has 0 bridgehead atoms. The average Bonchev–Trinajstić information content (AvgIpc) is 2.53. The molecule has 0 spiro atoms. The zero-order valence-corrected chi connectivity index (χ0v) is 13.8. The molecule has 4 nitrogen and oxygen atoms in total. The summed E-state index contributed by atoms with van der Waals surface area (Å²) in [7, 11) is -3.74. The van der Waals surface area contributed by atoms with E-state index in [1.807, 2.05) is 6.92 Å². The molecule has 0 aromatic heterocycles. The van der Waals surface area contributed by atoms with Crippen molar-refractivity contribution in [3.63, 3.8) is 0 Å². The number of hydrogen-bond donors (Lipinski definition) is 0. The summed E-state index contributed by atoms with van der Waals surface area (Å²) in [5, 5.41) is 0. The summed E-state index contributed by atoms with van der Waals surface area (Å²) in [6.07, 6.45) is 0. The summed E-state index contributed by atoms with van der Waals surface area (Å²) in [4.78, 5) is 12.4. The molecular weight excluding hydrogens is 317 g/mol. The Labute approximate surface area is 135 Å². The number of carbonyl (C=O) groups excluding carboxylic acids is 1.